The van der Waals surface area contributed by atoms with E-state index in [0.29, 0.717) is 11.3 Å². The van der Waals surface area contributed by atoms with Crippen LogP contribution in [0.4, 0.5) is 0 Å². The minimum absolute atomic E-state index is 0.319. The fraction of sp³-hybridized carbons (Fsp3) is 0.571. The lowest BCUT2D eigenvalue weighted by molar-refractivity contribution is 0.401. The zero-order valence-electron chi connectivity index (χ0n) is 11.4. The zero-order valence-corrected chi connectivity index (χ0v) is 12.2. The monoisotopic (exact) mass is 253 g/mol. The highest BCUT2D eigenvalue weighted by atomic mass is 32.2. The van der Waals surface area contributed by atoms with Gasteiger partial charge in [-0.25, -0.2) is 0 Å². The van der Waals surface area contributed by atoms with E-state index >= 15 is 0 Å². The summed E-state index contributed by atoms with van der Waals surface area (Å²) in [5.41, 5.74) is 2.51. The lowest BCUT2D eigenvalue weighted by atomic mass is 10.0. The minimum Gasteiger partial charge on any atom is -0.496 e. The zero-order chi connectivity index (χ0) is 12.8. The molecule has 1 rings (SSSR count). The highest BCUT2D eigenvalue weighted by Gasteiger charge is 2.12. The van der Waals surface area contributed by atoms with Crippen LogP contribution in [-0.4, -0.2) is 25.2 Å². The molecule has 0 aliphatic carbocycles. The van der Waals surface area contributed by atoms with Gasteiger partial charge in [-0.2, -0.15) is 11.8 Å². The summed E-state index contributed by atoms with van der Waals surface area (Å²) in [6.07, 6.45) is 2.14. The van der Waals surface area contributed by atoms with Crippen molar-refractivity contribution in [2.45, 2.75) is 32.1 Å². The number of rotatable bonds is 6. The van der Waals surface area contributed by atoms with Crippen molar-refractivity contribution in [3.05, 3.63) is 29.3 Å². The highest BCUT2D eigenvalue weighted by molar-refractivity contribution is 7.99. The average molecular weight is 253 g/mol. The fourth-order valence-corrected chi connectivity index (χ4v) is 1.99. The molecule has 0 bridgehead atoms. The van der Waals surface area contributed by atoms with E-state index in [9.17, 15) is 0 Å². The Kier molecular flexibility index (Phi) is 5.86. The molecule has 2 unspecified atom stereocenters. The molecule has 0 saturated heterocycles. The number of nitrogens with one attached hydrogen (secondary N) is 1. The van der Waals surface area contributed by atoms with Gasteiger partial charge in [-0.05, 0) is 26.2 Å². The summed E-state index contributed by atoms with van der Waals surface area (Å²) >= 11 is 1.88. The number of hydrogen-bond donors (Lipinski definition) is 1. The summed E-state index contributed by atoms with van der Waals surface area (Å²) in [5.74, 6) is 0.965. The first kappa shape index (κ1) is 14.4. The van der Waals surface area contributed by atoms with Gasteiger partial charge in [0.2, 0.25) is 0 Å². The Hall–Kier alpha value is -0.670. The minimum atomic E-state index is 0.319. The third-order valence-corrected chi connectivity index (χ3v) is 3.94. The van der Waals surface area contributed by atoms with Crippen LogP contribution in [0.5, 0.6) is 5.75 Å². The van der Waals surface area contributed by atoms with Gasteiger partial charge in [0.1, 0.15) is 5.75 Å². The molecule has 2 atom stereocenters. The predicted octanol–water partition coefficient (Wildman–Crippen LogP) is 3.41. The number of methoxy groups -OCH3 is 1. The highest BCUT2D eigenvalue weighted by Crippen LogP contribution is 2.26. The molecule has 0 amide bonds. The maximum Gasteiger partial charge on any atom is 0.123 e. The van der Waals surface area contributed by atoms with Crippen LogP contribution < -0.4 is 10.1 Å². The van der Waals surface area contributed by atoms with Gasteiger partial charge in [-0.15, -0.1) is 0 Å². The molecule has 0 spiro atoms. The van der Waals surface area contributed by atoms with Crippen LogP contribution in [0, 0.1) is 6.92 Å². The summed E-state index contributed by atoms with van der Waals surface area (Å²) in [6.45, 7) is 7.54. The van der Waals surface area contributed by atoms with Crippen LogP contribution >= 0.6 is 11.8 Å². The van der Waals surface area contributed by atoms with E-state index in [1.807, 2.05) is 17.8 Å². The van der Waals surface area contributed by atoms with Gasteiger partial charge in [-0.1, -0.05) is 24.6 Å². The number of ether oxygens (including phenoxy) is 1. The van der Waals surface area contributed by atoms with Crippen molar-refractivity contribution >= 4 is 11.8 Å². The predicted molar refractivity (Wildman–Crippen MR) is 77.1 cm³/mol. The Morgan fingerprint density at radius 3 is 2.65 bits per heavy atom. The molecule has 96 valence electrons. The Bertz CT molecular complexity index is 354. The van der Waals surface area contributed by atoms with Crippen LogP contribution in [0.3, 0.4) is 0 Å². The average Bonchev–Trinajstić information content (AvgIpc) is 2.35. The van der Waals surface area contributed by atoms with Gasteiger partial charge in [0.05, 0.1) is 7.11 Å². The molecule has 3 heteroatoms. The van der Waals surface area contributed by atoms with Crippen molar-refractivity contribution in [1.82, 2.24) is 5.32 Å². The SMILES string of the molecule is COc1ccc(C)cc1C(C)NCC(C)SC. The Morgan fingerprint density at radius 1 is 1.35 bits per heavy atom. The van der Waals surface area contributed by atoms with E-state index in [1.165, 1.54) is 11.1 Å². The van der Waals surface area contributed by atoms with E-state index < -0.39 is 0 Å². The lowest BCUT2D eigenvalue weighted by Crippen LogP contribution is -2.26. The van der Waals surface area contributed by atoms with Gasteiger partial charge >= 0.3 is 0 Å². The van der Waals surface area contributed by atoms with Crippen LogP contribution in [0.2, 0.25) is 0 Å². The molecule has 1 N–H and O–H groups in total. The molecule has 0 fully saturated rings. The van der Waals surface area contributed by atoms with E-state index in [-0.39, 0.29) is 0 Å². The van der Waals surface area contributed by atoms with Crippen molar-refractivity contribution in [1.29, 1.82) is 0 Å². The molecule has 2 nitrogen and oxygen atoms in total. The molecule has 0 aliphatic heterocycles. The molecule has 1 aromatic carbocycles. The van der Waals surface area contributed by atoms with E-state index in [4.69, 9.17) is 4.74 Å². The molecule has 0 aromatic heterocycles. The van der Waals surface area contributed by atoms with E-state index in [2.05, 4.69) is 44.5 Å². The van der Waals surface area contributed by atoms with Crippen LogP contribution in [-0.2, 0) is 0 Å². The lowest BCUT2D eigenvalue weighted by Gasteiger charge is -2.19. The maximum atomic E-state index is 5.41. The van der Waals surface area contributed by atoms with Crippen LogP contribution in [0.15, 0.2) is 18.2 Å². The summed E-state index contributed by atoms with van der Waals surface area (Å²) in [4.78, 5) is 0. The first-order valence-corrected chi connectivity index (χ1v) is 7.28. The van der Waals surface area contributed by atoms with Crippen molar-refractivity contribution in [2.24, 2.45) is 0 Å². The molecule has 17 heavy (non-hydrogen) atoms. The van der Waals surface area contributed by atoms with Crippen molar-refractivity contribution in [3.63, 3.8) is 0 Å². The second-order valence-corrected chi connectivity index (χ2v) is 5.70. The molecule has 0 saturated carbocycles. The maximum absolute atomic E-state index is 5.41. The second-order valence-electron chi connectivity index (χ2n) is 4.42. The summed E-state index contributed by atoms with van der Waals surface area (Å²) in [5, 5.41) is 4.18. The first-order valence-electron chi connectivity index (χ1n) is 5.99. The third-order valence-electron chi connectivity index (χ3n) is 2.97. The Labute approximate surface area is 109 Å². The van der Waals surface area contributed by atoms with Crippen molar-refractivity contribution in [2.75, 3.05) is 19.9 Å². The Morgan fingerprint density at radius 2 is 2.06 bits per heavy atom. The van der Waals surface area contributed by atoms with Gasteiger partial charge in [0, 0.05) is 23.4 Å². The Balaban J connectivity index is 2.73. The van der Waals surface area contributed by atoms with Crippen molar-refractivity contribution in [3.8, 4) is 5.75 Å². The molecular weight excluding hydrogens is 230 g/mol. The molecule has 0 radical (unpaired) electrons. The third kappa shape index (κ3) is 4.25. The molecule has 0 heterocycles. The van der Waals surface area contributed by atoms with E-state index in [0.717, 1.165) is 12.3 Å². The van der Waals surface area contributed by atoms with Crippen molar-refractivity contribution < 1.29 is 4.74 Å². The summed E-state index contributed by atoms with van der Waals surface area (Å²) < 4.78 is 5.41. The second kappa shape index (κ2) is 6.92. The fourth-order valence-electron chi connectivity index (χ4n) is 1.73. The van der Waals surface area contributed by atoms with Gasteiger partial charge in [0.25, 0.3) is 0 Å². The number of aryl methyl sites for hydroxylation is 1. The largest absolute Gasteiger partial charge is 0.496 e. The summed E-state index contributed by atoms with van der Waals surface area (Å²) in [6, 6.07) is 6.64. The number of hydrogen-bond acceptors (Lipinski definition) is 3. The number of benzene rings is 1. The molecular formula is C14H23NOS. The standard InChI is InChI=1S/C14H23NOS/c1-10-6-7-14(16-4)13(8-10)12(3)15-9-11(2)17-5/h6-8,11-12,15H,9H2,1-5H3. The molecule has 0 aliphatic rings. The first-order chi connectivity index (χ1) is 8.08. The quantitative estimate of drug-likeness (QED) is 0.839. The number of thioether (sulfide) groups is 1. The van der Waals surface area contributed by atoms with Gasteiger partial charge in [-0.3, -0.25) is 0 Å². The van der Waals surface area contributed by atoms with Crippen LogP contribution in [0.25, 0.3) is 0 Å². The van der Waals surface area contributed by atoms with Gasteiger partial charge < -0.3 is 10.1 Å². The molecule has 1 aromatic rings. The van der Waals surface area contributed by atoms with Crippen LogP contribution in [0.1, 0.15) is 31.0 Å². The summed E-state index contributed by atoms with van der Waals surface area (Å²) in [7, 11) is 1.73. The van der Waals surface area contributed by atoms with E-state index in [1.54, 1.807) is 7.11 Å². The normalized spacial score (nSPS) is 14.4. The smallest absolute Gasteiger partial charge is 0.123 e. The van der Waals surface area contributed by atoms with Gasteiger partial charge in [0.15, 0.2) is 0 Å². The topological polar surface area (TPSA) is 21.3 Å².